The molecule has 0 aliphatic heterocycles. The highest BCUT2D eigenvalue weighted by atomic mass is 79.9. The van der Waals surface area contributed by atoms with Crippen LogP contribution in [0.2, 0.25) is 5.28 Å². The summed E-state index contributed by atoms with van der Waals surface area (Å²) in [6.07, 6.45) is 5.44. The van der Waals surface area contributed by atoms with E-state index in [1.54, 1.807) is 6.20 Å². The van der Waals surface area contributed by atoms with E-state index in [0.717, 1.165) is 16.6 Å². The Morgan fingerprint density at radius 2 is 2.29 bits per heavy atom. The molecule has 2 heterocycles. The molecule has 0 aliphatic carbocycles. The maximum Gasteiger partial charge on any atom is 0.224 e. The van der Waals surface area contributed by atoms with Crippen molar-refractivity contribution in [3.8, 4) is 0 Å². The SMILES string of the molecule is Cc1cnn(CCNc2nc(Cl)ncc2Br)c1. The standard InChI is InChI=1S/C10H11BrClN5/c1-7-4-15-17(6-7)3-2-13-9-8(11)5-14-10(12)16-9/h4-6H,2-3H2,1H3,(H,13,14,16). The zero-order valence-corrected chi connectivity index (χ0v) is 11.5. The molecule has 0 unspecified atom stereocenters. The van der Waals surface area contributed by atoms with Crippen LogP contribution in [0.4, 0.5) is 5.82 Å². The number of rotatable bonds is 4. The number of aryl methyl sites for hydroxylation is 1. The van der Waals surface area contributed by atoms with Gasteiger partial charge in [-0.25, -0.2) is 4.98 Å². The van der Waals surface area contributed by atoms with Crippen molar-refractivity contribution in [3.63, 3.8) is 0 Å². The Morgan fingerprint density at radius 1 is 1.47 bits per heavy atom. The van der Waals surface area contributed by atoms with E-state index < -0.39 is 0 Å². The molecule has 17 heavy (non-hydrogen) atoms. The molecule has 0 fully saturated rings. The fraction of sp³-hybridized carbons (Fsp3) is 0.300. The van der Waals surface area contributed by atoms with Gasteiger partial charge in [-0.05, 0) is 40.0 Å². The van der Waals surface area contributed by atoms with E-state index >= 15 is 0 Å². The van der Waals surface area contributed by atoms with Gasteiger partial charge < -0.3 is 5.32 Å². The predicted molar refractivity (Wildman–Crippen MR) is 70.2 cm³/mol. The summed E-state index contributed by atoms with van der Waals surface area (Å²) in [5.74, 6) is 0.689. The fourth-order valence-corrected chi connectivity index (χ4v) is 1.81. The van der Waals surface area contributed by atoms with Gasteiger partial charge in [0.2, 0.25) is 5.28 Å². The summed E-state index contributed by atoms with van der Waals surface area (Å²) < 4.78 is 2.66. The average Bonchev–Trinajstić information content (AvgIpc) is 2.69. The van der Waals surface area contributed by atoms with Gasteiger partial charge in [0, 0.05) is 18.9 Å². The lowest BCUT2D eigenvalue weighted by Gasteiger charge is -2.07. The molecule has 0 saturated heterocycles. The van der Waals surface area contributed by atoms with E-state index in [1.807, 2.05) is 24.0 Å². The first-order chi connectivity index (χ1) is 8.15. The Kier molecular flexibility index (Phi) is 3.96. The quantitative estimate of drug-likeness (QED) is 0.881. The normalized spacial score (nSPS) is 10.5. The highest BCUT2D eigenvalue weighted by Gasteiger charge is 2.03. The number of nitrogens with one attached hydrogen (secondary N) is 1. The van der Waals surface area contributed by atoms with Crippen LogP contribution in [0.15, 0.2) is 23.1 Å². The Balaban J connectivity index is 1.91. The monoisotopic (exact) mass is 315 g/mol. The number of nitrogens with zero attached hydrogens (tertiary/aromatic N) is 4. The van der Waals surface area contributed by atoms with E-state index in [4.69, 9.17) is 11.6 Å². The molecule has 0 aliphatic rings. The van der Waals surface area contributed by atoms with Crippen LogP contribution in [0.3, 0.4) is 0 Å². The topological polar surface area (TPSA) is 55.6 Å². The van der Waals surface area contributed by atoms with Gasteiger partial charge in [0.15, 0.2) is 0 Å². The van der Waals surface area contributed by atoms with Crippen molar-refractivity contribution in [1.29, 1.82) is 0 Å². The van der Waals surface area contributed by atoms with Crippen molar-refractivity contribution < 1.29 is 0 Å². The predicted octanol–water partition coefficient (Wildman–Crippen LogP) is 2.51. The first-order valence-electron chi connectivity index (χ1n) is 5.06. The Bertz CT molecular complexity index is 513. The molecule has 2 aromatic heterocycles. The first-order valence-corrected chi connectivity index (χ1v) is 6.23. The van der Waals surface area contributed by atoms with Crippen LogP contribution in [0.1, 0.15) is 5.56 Å². The highest BCUT2D eigenvalue weighted by molar-refractivity contribution is 9.10. The minimum Gasteiger partial charge on any atom is -0.367 e. The molecule has 0 radical (unpaired) electrons. The van der Waals surface area contributed by atoms with Crippen molar-refractivity contribution in [2.75, 3.05) is 11.9 Å². The van der Waals surface area contributed by atoms with Gasteiger partial charge in [-0.1, -0.05) is 0 Å². The molecule has 90 valence electrons. The van der Waals surface area contributed by atoms with Crippen molar-refractivity contribution in [2.24, 2.45) is 0 Å². The molecule has 0 atom stereocenters. The van der Waals surface area contributed by atoms with E-state index in [-0.39, 0.29) is 5.28 Å². The molecule has 2 aromatic rings. The zero-order valence-electron chi connectivity index (χ0n) is 9.19. The molecule has 2 rings (SSSR count). The number of aromatic nitrogens is 4. The minimum absolute atomic E-state index is 0.227. The third-order valence-electron chi connectivity index (χ3n) is 2.11. The van der Waals surface area contributed by atoms with Gasteiger partial charge in [0.25, 0.3) is 0 Å². The fourth-order valence-electron chi connectivity index (χ4n) is 1.35. The van der Waals surface area contributed by atoms with E-state index in [0.29, 0.717) is 12.4 Å². The molecule has 1 N–H and O–H groups in total. The molecule has 0 saturated carbocycles. The third kappa shape index (κ3) is 3.41. The zero-order chi connectivity index (χ0) is 12.3. The van der Waals surface area contributed by atoms with Crippen LogP contribution in [-0.4, -0.2) is 26.3 Å². The maximum absolute atomic E-state index is 5.72. The molecule has 0 spiro atoms. The second kappa shape index (κ2) is 5.46. The van der Waals surface area contributed by atoms with E-state index in [9.17, 15) is 0 Å². The second-order valence-electron chi connectivity index (χ2n) is 3.54. The summed E-state index contributed by atoms with van der Waals surface area (Å²) in [5, 5.41) is 7.59. The molecule has 0 bridgehead atoms. The molecule has 0 amide bonds. The second-order valence-corrected chi connectivity index (χ2v) is 4.74. The van der Waals surface area contributed by atoms with Gasteiger partial charge in [0.05, 0.1) is 17.2 Å². The van der Waals surface area contributed by atoms with Gasteiger partial charge in [-0.15, -0.1) is 0 Å². The lowest BCUT2D eigenvalue weighted by atomic mass is 10.4. The summed E-state index contributed by atoms with van der Waals surface area (Å²) >= 11 is 9.07. The number of hydrogen-bond donors (Lipinski definition) is 1. The van der Waals surface area contributed by atoms with Crippen LogP contribution < -0.4 is 5.32 Å². The number of halogens is 2. The van der Waals surface area contributed by atoms with Crippen molar-refractivity contribution in [3.05, 3.63) is 33.9 Å². The van der Waals surface area contributed by atoms with Crippen LogP contribution in [-0.2, 0) is 6.54 Å². The first kappa shape index (κ1) is 12.3. The van der Waals surface area contributed by atoms with E-state index in [2.05, 4.69) is 36.3 Å². The van der Waals surface area contributed by atoms with Crippen molar-refractivity contribution in [1.82, 2.24) is 19.7 Å². The van der Waals surface area contributed by atoms with Crippen molar-refractivity contribution in [2.45, 2.75) is 13.5 Å². The minimum atomic E-state index is 0.227. The van der Waals surface area contributed by atoms with E-state index in [1.165, 1.54) is 0 Å². The largest absolute Gasteiger partial charge is 0.367 e. The lowest BCUT2D eigenvalue weighted by Crippen LogP contribution is -2.12. The summed E-state index contributed by atoms with van der Waals surface area (Å²) in [4.78, 5) is 7.93. The lowest BCUT2D eigenvalue weighted by molar-refractivity contribution is 0.636. The summed E-state index contributed by atoms with van der Waals surface area (Å²) in [5.41, 5.74) is 1.15. The Morgan fingerprint density at radius 3 is 3.00 bits per heavy atom. The maximum atomic E-state index is 5.72. The molecule has 5 nitrogen and oxygen atoms in total. The average molecular weight is 317 g/mol. The van der Waals surface area contributed by atoms with Crippen LogP contribution in [0, 0.1) is 6.92 Å². The molecular weight excluding hydrogens is 306 g/mol. The number of hydrogen-bond acceptors (Lipinski definition) is 4. The molecular formula is C10H11BrClN5. The van der Waals surface area contributed by atoms with Crippen LogP contribution in [0.5, 0.6) is 0 Å². The Labute approximate surface area is 112 Å². The summed E-state index contributed by atoms with van der Waals surface area (Å²) in [6.45, 7) is 3.49. The Hall–Kier alpha value is -1.14. The van der Waals surface area contributed by atoms with Gasteiger partial charge in [-0.2, -0.15) is 10.1 Å². The van der Waals surface area contributed by atoms with Gasteiger partial charge in [-0.3, -0.25) is 4.68 Å². The van der Waals surface area contributed by atoms with Crippen LogP contribution >= 0.6 is 27.5 Å². The van der Waals surface area contributed by atoms with Gasteiger partial charge >= 0.3 is 0 Å². The third-order valence-corrected chi connectivity index (χ3v) is 2.87. The highest BCUT2D eigenvalue weighted by Crippen LogP contribution is 2.19. The van der Waals surface area contributed by atoms with Gasteiger partial charge in [0.1, 0.15) is 5.82 Å². The molecule has 0 aromatic carbocycles. The smallest absolute Gasteiger partial charge is 0.224 e. The summed E-state index contributed by atoms with van der Waals surface area (Å²) in [7, 11) is 0. The number of anilines is 1. The van der Waals surface area contributed by atoms with Crippen LogP contribution in [0.25, 0.3) is 0 Å². The van der Waals surface area contributed by atoms with Crippen molar-refractivity contribution >= 4 is 33.3 Å². The molecule has 7 heteroatoms. The summed E-state index contributed by atoms with van der Waals surface area (Å²) in [6, 6.07) is 0.